The molecule has 0 spiro atoms. The summed E-state index contributed by atoms with van der Waals surface area (Å²) in [6, 6.07) is 17.9. The fourth-order valence-corrected chi connectivity index (χ4v) is 3.16. The van der Waals surface area contributed by atoms with E-state index >= 15 is 0 Å². The second-order valence-corrected chi connectivity index (χ2v) is 6.89. The van der Waals surface area contributed by atoms with Crippen molar-refractivity contribution in [2.75, 3.05) is 5.32 Å². The molecule has 4 nitrogen and oxygen atoms in total. The number of imidazole rings is 1. The monoisotopic (exact) mass is 355 g/mol. The third kappa shape index (κ3) is 3.34. The molecule has 4 aromatic rings. The Morgan fingerprint density at radius 2 is 1.78 bits per heavy atom. The number of rotatable bonds is 3. The number of benzene rings is 2. The summed E-state index contributed by atoms with van der Waals surface area (Å²) in [5.74, 6) is -0.0912. The largest absolute Gasteiger partial charge is 0.322 e. The van der Waals surface area contributed by atoms with E-state index in [1.165, 1.54) is 0 Å². The molecule has 0 saturated carbocycles. The number of pyridine rings is 1. The number of carbonyl (C=O) groups excluding carboxylic acids is 1. The molecule has 0 aliphatic heterocycles. The van der Waals surface area contributed by atoms with Crippen LogP contribution in [0, 0.1) is 20.8 Å². The van der Waals surface area contributed by atoms with Crippen LogP contribution in [0.25, 0.3) is 16.9 Å². The van der Waals surface area contributed by atoms with Gasteiger partial charge in [-0.3, -0.25) is 4.79 Å². The Balaban J connectivity index is 1.68. The van der Waals surface area contributed by atoms with Crippen LogP contribution in [0.1, 0.15) is 27.0 Å². The number of hydrogen-bond donors (Lipinski definition) is 1. The van der Waals surface area contributed by atoms with Crippen LogP contribution in [0.15, 0.2) is 67.0 Å². The first kappa shape index (κ1) is 17.0. The van der Waals surface area contributed by atoms with Gasteiger partial charge < -0.3 is 9.72 Å². The molecule has 0 aliphatic carbocycles. The second-order valence-electron chi connectivity index (χ2n) is 6.89. The van der Waals surface area contributed by atoms with Crippen molar-refractivity contribution < 1.29 is 4.79 Å². The first-order valence-electron chi connectivity index (χ1n) is 8.94. The maximum Gasteiger partial charge on any atom is 0.255 e. The van der Waals surface area contributed by atoms with Gasteiger partial charge in [-0.25, -0.2) is 4.98 Å². The van der Waals surface area contributed by atoms with E-state index in [0.717, 1.165) is 39.3 Å². The van der Waals surface area contributed by atoms with E-state index in [2.05, 4.69) is 10.3 Å². The van der Waals surface area contributed by atoms with Crippen LogP contribution in [0.3, 0.4) is 0 Å². The lowest BCUT2D eigenvalue weighted by Gasteiger charge is -2.12. The van der Waals surface area contributed by atoms with Crippen molar-refractivity contribution in [2.45, 2.75) is 20.8 Å². The molecule has 0 saturated heterocycles. The molecule has 0 aliphatic rings. The van der Waals surface area contributed by atoms with Crippen molar-refractivity contribution in [3.63, 3.8) is 0 Å². The summed E-state index contributed by atoms with van der Waals surface area (Å²) < 4.78 is 1.99. The molecule has 0 atom stereocenters. The predicted octanol–water partition coefficient (Wildman–Crippen LogP) is 5.18. The predicted molar refractivity (Wildman–Crippen MR) is 109 cm³/mol. The van der Waals surface area contributed by atoms with Gasteiger partial charge in [0.15, 0.2) is 0 Å². The van der Waals surface area contributed by atoms with Gasteiger partial charge >= 0.3 is 0 Å². The number of nitrogens with one attached hydrogen (secondary N) is 1. The minimum Gasteiger partial charge on any atom is -0.322 e. The molecule has 0 radical (unpaired) electrons. The topological polar surface area (TPSA) is 46.4 Å². The summed E-state index contributed by atoms with van der Waals surface area (Å²) in [5.41, 5.74) is 7.30. The SMILES string of the molecule is Cc1ccc(C)c(C(=O)Nc2cc(-c3cn4ccccc4n3)ccc2C)c1. The third-order valence-corrected chi connectivity index (χ3v) is 4.78. The normalized spacial score (nSPS) is 10.9. The molecule has 0 bridgehead atoms. The Kier molecular flexibility index (Phi) is 4.24. The van der Waals surface area contributed by atoms with Gasteiger partial charge in [-0.05, 0) is 56.2 Å². The minimum atomic E-state index is -0.0912. The molecule has 2 aromatic heterocycles. The zero-order chi connectivity index (χ0) is 19.0. The van der Waals surface area contributed by atoms with Crippen LogP contribution in [0.4, 0.5) is 5.69 Å². The number of aryl methyl sites for hydroxylation is 3. The Morgan fingerprint density at radius 3 is 2.59 bits per heavy atom. The van der Waals surface area contributed by atoms with Crippen molar-refractivity contribution in [2.24, 2.45) is 0 Å². The standard InChI is InChI=1S/C23H21N3O/c1-15-7-8-16(2)19(12-15)23(27)25-20-13-18(10-9-17(20)3)21-14-26-11-5-4-6-22(26)24-21/h4-14H,1-3H3,(H,25,27). The summed E-state index contributed by atoms with van der Waals surface area (Å²) in [5, 5.41) is 3.06. The molecule has 1 N–H and O–H groups in total. The van der Waals surface area contributed by atoms with E-state index < -0.39 is 0 Å². The molecule has 1 amide bonds. The average molecular weight is 355 g/mol. The summed E-state index contributed by atoms with van der Waals surface area (Å²) >= 11 is 0. The average Bonchev–Trinajstić information content (AvgIpc) is 3.09. The van der Waals surface area contributed by atoms with E-state index in [9.17, 15) is 4.79 Å². The van der Waals surface area contributed by atoms with Gasteiger partial charge in [-0.15, -0.1) is 0 Å². The van der Waals surface area contributed by atoms with E-state index in [4.69, 9.17) is 0 Å². The number of amides is 1. The molecular formula is C23H21N3O. The van der Waals surface area contributed by atoms with E-state index in [-0.39, 0.29) is 5.91 Å². The fourth-order valence-electron chi connectivity index (χ4n) is 3.16. The highest BCUT2D eigenvalue weighted by Gasteiger charge is 2.12. The highest BCUT2D eigenvalue weighted by molar-refractivity contribution is 6.06. The summed E-state index contributed by atoms with van der Waals surface area (Å²) in [4.78, 5) is 17.5. The second kappa shape index (κ2) is 6.72. The van der Waals surface area contributed by atoms with Crippen LogP contribution in [-0.4, -0.2) is 15.3 Å². The number of anilines is 1. The van der Waals surface area contributed by atoms with Crippen LogP contribution < -0.4 is 5.32 Å². The molecule has 27 heavy (non-hydrogen) atoms. The van der Waals surface area contributed by atoms with E-state index in [1.807, 2.05) is 92.2 Å². The third-order valence-electron chi connectivity index (χ3n) is 4.78. The summed E-state index contributed by atoms with van der Waals surface area (Å²) in [6.07, 6.45) is 3.97. The van der Waals surface area contributed by atoms with Gasteiger partial charge in [0.05, 0.1) is 5.69 Å². The maximum atomic E-state index is 12.8. The van der Waals surface area contributed by atoms with Crippen molar-refractivity contribution >= 4 is 17.2 Å². The molecule has 4 rings (SSSR count). The number of fused-ring (bicyclic) bond motifs is 1. The molecule has 0 fully saturated rings. The fraction of sp³-hybridized carbons (Fsp3) is 0.130. The number of nitrogens with zero attached hydrogens (tertiary/aromatic N) is 2. The summed E-state index contributed by atoms with van der Waals surface area (Å²) in [6.45, 7) is 5.94. The van der Waals surface area contributed by atoms with Gasteiger partial charge in [-0.2, -0.15) is 0 Å². The van der Waals surface area contributed by atoms with Gasteiger partial charge in [0.2, 0.25) is 0 Å². The molecule has 134 valence electrons. The Hall–Kier alpha value is -3.40. The van der Waals surface area contributed by atoms with Crippen LogP contribution in [0.2, 0.25) is 0 Å². The van der Waals surface area contributed by atoms with E-state index in [1.54, 1.807) is 0 Å². The van der Waals surface area contributed by atoms with Crippen LogP contribution in [0.5, 0.6) is 0 Å². The first-order chi connectivity index (χ1) is 13.0. The molecular weight excluding hydrogens is 334 g/mol. The maximum absolute atomic E-state index is 12.8. The molecule has 4 heteroatoms. The smallest absolute Gasteiger partial charge is 0.255 e. The lowest BCUT2D eigenvalue weighted by Crippen LogP contribution is -2.14. The van der Waals surface area contributed by atoms with E-state index in [0.29, 0.717) is 5.56 Å². The van der Waals surface area contributed by atoms with Gasteiger partial charge in [0, 0.05) is 29.2 Å². The summed E-state index contributed by atoms with van der Waals surface area (Å²) in [7, 11) is 0. The zero-order valence-corrected chi connectivity index (χ0v) is 15.7. The lowest BCUT2D eigenvalue weighted by molar-refractivity contribution is 0.102. The minimum absolute atomic E-state index is 0.0912. The number of aromatic nitrogens is 2. The van der Waals surface area contributed by atoms with Crippen LogP contribution >= 0.6 is 0 Å². The Bertz CT molecular complexity index is 1120. The van der Waals surface area contributed by atoms with Gasteiger partial charge in [0.25, 0.3) is 5.91 Å². The van der Waals surface area contributed by atoms with Gasteiger partial charge in [-0.1, -0.05) is 35.9 Å². The van der Waals surface area contributed by atoms with Crippen molar-refractivity contribution in [3.8, 4) is 11.3 Å². The Morgan fingerprint density at radius 1 is 0.963 bits per heavy atom. The highest BCUT2D eigenvalue weighted by atomic mass is 16.1. The highest BCUT2D eigenvalue weighted by Crippen LogP contribution is 2.26. The Labute approximate surface area is 158 Å². The number of hydrogen-bond acceptors (Lipinski definition) is 2. The quantitative estimate of drug-likeness (QED) is 0.550. The molecule has 2 aromatic carbocycles. The molecule has 0 unspecified atom stereocenters. The van der Waals surface area contributed by atoms with Crippen molar-refractivity contribution in [3.05, 3.63) is 89.2 Å². The van der Waals surface area contributed by atoms with Crippen LogP contribution in [-0.2, 0) is 0 Å². The zero-order valence-electron chi connectivity index (χ0n) is 15.7. The first-order valence-corrected chi connectivity index (χ1v) is 8.94. The van der Waals surface area contributed by atoms with Crippen molar-refractivity contribution in [1.29, 1.82) is 0 Å². The number of carbonyl (C=O) groups is 1. The molecule has 2 heterocycles. The lowest BCUT2D eigenvalue weighted by atomic mass is 10.0. The van der Waals surface area contributed by atoms with Gasteiger partial charge in [0.1, 0.15) is 5.65 Å². The van der Waals surface area contributed by atoms with Crippen molar-refractivity contribution in [1.82, 2.24) is 9.38 Å².